The van der Waals surface area contributed by atoms with Crippen LogP contribution in [0.15, 0.2) is 91.1 Å². The zero-order valence-corrected chi connectivity index (χ0v) is 28.7. The van der Waals surface area contributed by atoms with Gasteiger partial charge in [-0.05, 0) is 60.8 Å². The lowest BCUT2D eigenvalue weighted by molar-refractivity contribution is -0.146. The van der Waals surface area contributed by atoms with E-state index in [1.54, 1.807) is 33.8 Å². The summed E-state index contributed by atoms with van der Waals surface area (Å²) in [5.41, 5.74) is 3.12. The van der Waals surface area contributed by atoms with Crippen LogP contribution in [0.1, 0.15) is 40.5 Å². The molecule has 2 amide bonds. The second-order valence-electron chi connectivity index (χ2n) is 13.9. The highest BCUT2D eigenvalue weighted by atomic mass is 28.4. The number of aliphatic hydroxyl groups is 1. The molecule has 250 valence electrons. The van der Waals surface area contributed by atoms with E-state index in [0.717, 1.165) is 22.0 Å². The molecule has 0 aliphatic carbocycles. The maximum Gasteiger partial charge on any atom is 0.264 e. The van der Waals surface area contributed by atoms with Crippen molar-refractivity contribution < 1.29 is 23.5 Å². The third kappa shape index (κ3) is 4.93. The van der Waals surface area contributed by atoms with Gasteiger partial charge >= 0.3 is 0 Å². The fourth-order valence-corrected chi connectivity index (χ4v) is 11.0. The van der Waals surface area contributed by atoms with E-state index < -0.39 is 31.6 Å². The van der Waals surface area contributed by atoms with Crippen molar-refractivity contribution in [2.24, 2.45) is 5.92 Å². The average Bonchev–Trinajstić information content (AvgIpc) is 3.80. The van der Waals surface area contributed by atoms with Crippen LogP contribution in [0, 0.1) is 5.92 Å². The van der Waals surface area contributed by atoms with Crippen LogP contribution in [-0.4, -0.2) is 53.0 Å². The lowest BCUT2D eigenvalue weighted by atomic mass is 9.82. The number of aryl methyl sites for hydroxylation is 1. The molecule has 4 heterocycles. The number of aliphatic hydroxyl groups excluding tert-OH is 1. The van der Waals surface area contributed by atoms with Crippen molar-refractivity contribution in [3.05, 3.63) is 114 Å². The van der Waals surface area contributed by atoms with Crippen molar-refractivity contribution in [1.82, 2.24) is 15.0 Å². The van der Waals surface area contributed by atoms with Crippen LogP contribution in [0.4, 0.5) is 21.2 Å². The molecule has 5 aromatic rings. The van der Waals surface area contributed by atoms with Crippen molar-refractivity contribution in [3.63, 3.8) is 0 Å². The molecule has 1 aromatic heterocycles. The van der Waals surface area contributed by atoms with Crippen LogP contribution < -0.4 is 9.80 Å². The zero-order chi connectivity index (χ0) is 34.1. The number of carbonyl (C=O) groups excluding carboxylic acids is 2. The molecule has 3 aliphatic heterocycles. The van der Waals surface area contributed by atoms with E-state index in [2.05, 4.69) is 10.3 Å². The van der Waals surface area contributed by atoms with E-state index in [0.29, 0.717) is 54.1 Å². The fraction of sp³-hybridized carbons (Fsp3) is 0.316. The van der Waals surface area contributed by atoms with Gasteiger partial charge < -0.3 is 18.9 Å². The van der Waals surface area contributed by atoms with Gasteiger partial charge in [0, 0.05) is 53.9 Å². The number of hydrogen-bond acceptors (Lipinski definition) is 6. The summed E-state index contributed by atoms with van der Waals surface area (Å²) in [4.78, 5) is 32.4. The van der Waals surface area contributed by atoms with Gasteiger partial charge in [0.1, 0.15) is 0 Å². The van der Waals surface area contributed by atoms with Gasteiger partial charge in [-0.2, -0.15) is 0 Å². The molecule has 1 spiro atoms. The third-order valence-corrected chi connectivity index (χ3v) is 13.0. The number of nitrogens with zero attached hydrogens (tertiary/aromatic N) is 5. The molecule has 4 aromatic carbocycles. The summed E-state index contributed by atoms with van der Waals surface area (Å²) < 4.78 is 25.2. The normalized spacial score (nSPS) is 23.0. The molecular weight excluding hydrogens is 638 g/mol. The smallest absolute Gasteiger partial charge is 0.264 e. The minimum Gasteiger partial charge on any atom is -0.396 e. The Bertz CT molecular complexity index is 2090. The number of rotatable bonds is 9. The monoisotopic (exact) mass is 675 g/mol. The first kappa shape index (κ1) is 31.5. The van der Waals surface area contributed by atoms with Crippen molar-refractivity contribution in [2.75, 3.05) is 16.4 Å². The van der Waals surface area contributed by atoms with E-state index in [4.69, 9.17) is 4.74 Å². The molecule has 11 heteroatoms. The Labute approximate surface area is 285 Å². The van der Waals surface area contributed by atoms with Gasteiger partial charge in [-0.1, -0.05) is 66.7 Å². The topological polar surface area (TPSA) is 101 Å². The Hall–Kier alpha value is -4.71. The largest absolute Gasteiger partial charge is 0.396 e. The molecule has 9 nitrogen and oxygen atoms in total. The van der Waals surface area contributed by atoms with E-state index in [1.807, 2.05) is 91.9 Å². The molecule has 4 atom stereocenters. The number of amides is 2. The van der Waals surface area contributed by atoms with Crippen LogP contribution in [-0.2, 0) is 34.6 Å². The van der Waals surface area contributed by atoms with Crippen molar-refractivity contribution >= 4 is 48.1 Å². The Morgan fingerprint density at radius 3 is 2.51 bits per heavy atom. The molecule has 49 heavy (non-hydrogen) atoms. The zero-order valence-electron chi connectivity index (χ0n) is 27.7. The van der Waals surface area contributed by atoms with Gasteiger partial charge in [0.05, 0.1) is 35.3 Å². The second kappa shape index (κ2) is 11.7. The Morgan fingerprint density at radius 2 is 1.76 bits per heavy atom. The Morgan fingerprint density at radius 1 is 0.980 bits per heavy atom. The number of benzene rings is 4. The summed E-state index contributed by atoms with van der Waals surface area (Å²) >= 11 is 0. The molecule has 3 aliphatic rings. The number of ether oxygens (including phenoxy) is 1. The summed E-state index contributed by atoms with van der Waals surface area (Å²) in [6.07, 6.45) is 2.06. The van der Waals surface area contributed by atoms with Gasteiger partial charge in [0.25, 0.3) is 11.8 Å². The van der Waals surface area contributed by atoms with Crippen LogP contribution in [0.2, 0.25) is 18.6 Å². The third-order valence-electron chi connectivity index (χ3n) is 10.5. The molecule has 0 saturated carbocycles. The first-order valence-electron chi connectivity index (χ1n) is 16.8. The number of anilines is 3. The first-order chi connectivity index (χ1) is 23.6. The minimum absolute atomic E-state index is 0.0264. The molecule has 1 saturated heterocycles. The molecule has 0 unspecified atom stereocenters. The van der Waals surface area contributed by atoms with Gasteiger partial charge in [0.2, 0.25) is 8.41 Å². The molecule has 8 rings (SSSR count). The first-order valence-corrected chi connectivity index (χ1v) is 19.8. The van der Waals surface area contributed by atoms with Gasteiger partial charge in [-0.3, -0.25) is 19.2 Å². The molecule has 0 bridgehead atoms. The minimum atomic E-state index is -3.40. The van der Waals surface area contributed by atoms with E-state index in [9.17, 15) is 14.7 Å². The van der Waals surface area contributed by atoms with Crippen LogP contribution in [0.3, 0.4) is 0 Å². The Kier molecular flexibility index (Phi) is 7.54. The van der Waals surface area contributed by atoms with E-state index in [1.165, 1.54) is 0 Å². The summed E-state index contributed by atoms with van der Waals surface area (Å²) in [6.45, 7) is 6.06. The highest BCUT2D eigenvalue weighted by molar-refractivity contribution is 6.72. The highest BCUT2D eigenvalue weighted by Gasteiger charge is 2.66. The summed E-state index contributed by atoms with van der Waals surface area (Å²) in [6, 6.07) is 27.2. The number of halogens is 1. The summed E-state index contributed by atoms with van der Waals surface area (Å²) in [5.74, 6) is -0.832. The van der Waals surface area contributed by atoms with Crippen molar-refractivity contribution in [3.8, 4) is 0 Å². The molecular formula is C38H38FN5O4Si. The summed E-state index contributed by atoms with van der Waals surface area (Å²) in [7, 11) is -3.40. The van der Waals surface area contributed by atoms with E-state index >= 15 is 4.11 Å². The SMILES string of the molecule is C[C@@H]1[C@@H]([Si](C)(C)F)[C@H](CCn2cc(CCO)nn2)O[C@@]12C(=O)N(Cc1ccccc1)c1ccc(N3C(=O)c4cccc5cccc3c45)cc12. The van der Waals surface area contributed by atoms with Crippen molar-refractivity contribution in [2.45, 2.75) is 63.2 Å². The lowest BCUT2D eigenvalue weighted by Crippen LogP contribution is -2.45. The van der Waals surface area contributed by atoms with Crippen molar-refractivity contribution in [1.29, 1.82) is 0 Å². The van der Waals surface area contributed by atoms with Crippen LogP contribution >= 0.6 is 0 Å². The number of fused-ring (bicyclic) bond motifs is 2. The van der Waals surface area contributed by atoms with Crippen LogP contribution in [0.5, 0.6) is 0 Å². The summed E-state index contributed by atoms with van der Waals surface area (Å²) in [5, 5.41) is 19.5. The fourth-order valence-electron chi connectivity index (χ4n) is 8.48. The van der Waals surface area contributed by atoms with Gasteiger partial charge in [0.15, 0.2) is 5.60 Å². The van der Waals surface area contributed by atoms with Gasteiger partial charge in [-0.15, -0.1) is 5.10 Å². The van der Waals surface area contributed by atoms with Crippen LogP contribution in [0.25, 0.3) is 10.8 Å². The van der Waals surface area contributed by atoms with Gasteiger partial charge in [-0.25, -0.2) is 0 Å². The number of carbonyl (C=O) groups is 2. The average molecular weight is 676 g/mol. The molecule has 1 fully saturated rings. The maximum atomic E-state index is 16.5. The van der Waals surface area contributed by atoms with E-state index in [-0.39, 0.29) is 18.4 Å². The highest BCUT2D eigenvalue weighted by Crippen LogP contribution is 2.61. The number of aromatic nitrogens is 3. The lowest BCUT2D eigenvalue weighted by Gasteiger charge is -2.31. The quantitative estimate of drug-likeness (QED) is 0.138. The number of hydrogen-bond donors (Lipinski definition) is 1. The Balaban J connectivity index is 1.23. The maximum absolute atomic E-state index is 16.5. The molecule has 1 N–H and O–H groups in total. The standard InChI is InChI=1S/C38H38FN5O4Si/c1-24-35(49(2,3)39)33(17-19-42-23-27(18-20-45)40-41-42)48-38(24)30-21-28(15-16-31(30)43(37(38)47)22-25-9-5-4-6-10-25)44-32-14-8-12-26-11-7-13-29(34(26)32)36(44)46/h4-16,21,23-24,33,35,45H,17-20,22H2,1-3H3/t24-,33+,35-,38+/m1/s1. The molecule has 0 radical (unpaired) electrons. The second-order valence-corrected chi connectivity index (χ2v) is 17.7. The predicted octanol–water partition coefficient (Wildman–Crippen LogP) is 6.67. The predicted molar refractivity (Wildman–Crippen MR) is 188 cm³/mol.